The topological polar surface area (TPSA) is 127 Å². The number of aliphatic hydroxyl groups is 1. The van der Waals surface area contributed by atoms with Gasteiger partial charge >= 0.3 is 0 Å². The minimum Gasteiger partial charge on any atom is -0.612 e. The van der Waals surface area contributed by atoms with Crippen molar-refractivity contribution in [1.82, 2.24) is 0 Å². The van der Waals surface area contributed by atoms with Crippen LogP contribution in [0.15, 0.2) is 23.1 Å². The van der Waals surface area contributed by atoms with Gasteiger partial charge < -0.3 is 25.6 Å². The van der Waals surface area contributed by atoms with E-state index in [9.17, 15) is 14.8 Å². The predicted molar refractivity (Wildman–Crippen MR) is 67.8 cm³/mol. The molecule has 0 radical (unpaired) electrons. The van der Waals surface area contributed by atoms with Crippen molar-refractivity contribution < 1.29 is 24.7 Å². The molecule has 0 aliphatic rings. The molecule has 2 unspecified atom stereocenters. The van der Waals surface area contributed by atoms with Gasteiger partial charge in [0.25, 0.3) is 5.97 Å². The SMILES string of the molecule is CC(=O)O.C[S+]([O-])c1cc(C(O)CN)ccc1O. The molecule has 5 N–H and O–H groups in total. The van der Waals surface area contributed by atoms with Gasteiger partial charge in [0, 0.05) is 19.5 Å². The van der Waals surface area contributed by atoms with E-state index in [1.165, 1.54) is 18.4 Å². The number of aliphatic carboxylic acids is 1. The number of rotatable bonds is 3. The van der Waals surface area contributed by atoms with Gasteiger partial charge in [0.1, 0.15) is 6.26 Å². The summed E-state index contributed by atoms with van der Waals surface area (Å²) in [4.78, 5) is 9.31. The lowest BCUT2D eigenvalue weighted by atomic mass is 10.1. The Morgan fingerprint density at radius 1 is 1.56 bits per heavy atom. The summed E-state index contributed by atoms with van der Waals surface area (Å²) >= 11 is -1.27. The number of benzene rings is 1. The van der Waals surface area contributed by atoms with E-state index >= 15 is 0 Å². The Morgan fingerprint density at radius 2 is 2.06 bits per heavy atom. The zero-order chi connectivity index (χ0) is 14.3. The zero-order valence-electron chi connectivity index (χ0n) is 10.2. The summed E-state index contributed by atoms with van der Waals surface area (Å²) in [6.45, 7) is 1.18. The molecule has 18 heavy (non-hydrogen) atoms. The van der Waals surface area contributed by atoms with E-state index in [4.69, 9.17) is 15.6 Å². The van der Waals surface area contributed by atoms with Crippen molar-refractivity contribution in [2.75, 3.05) is 12.8 Å². The van der Waals surface area contributed by atoms with Crippen molar-refractivity contribution in [3.05, 3.63) is 23.8 Å². The summed E-state index contributed by atoms with van der Waals surface area (Å²) in [7, 11) is 0. The molecule has 102 valence electrons. The van der Waals surface area contributed by atoms with Gasteiger partial charge in [0.05, 0.1) is 6.10 Å². The minimum atomic E-state index is -1.27. The van der Waals surface area contributed by atoms with Crippen molar-refractivity contribution in [2.45, 2.75) is 17.9 Å². The van der Waals surface area contributed by atoms with E-state index < -0.39 is 23.2 Å². The average Bonchev–Trinajstić information content (AvgIpc) is 2.27. The van der Waals surface area contributed by atoms with Crippen LogP contribution in [0, 0.1) is 0 Å². The highest BCUT2D eigenvalue weighted by molar-refractivity contribution is 7.90. The van der Waals surface area contributed by atoms with Gasteiger partial charge in [-0.25, -0.2) is 0 Å². The normalized spacial score (nSPS) is 13.2. The third-order valence-electron chi connectivity index (χ3n) is 1.90. The van der Waals surface area contributed by atoms with E-state index in [1.54, 1.807) is 6.07 Å². The first-order valence-corrected chi connectivity index (χ1v) is 6.59. The number of phenols is 1. The Morgan fingerprint density at radius 3 is 2.44 bits per heavy atom. The second-order valence-corrected chi connectivity index (χ2v) is 4.80. The van der Waals surface area contributed by atoms with Crippen LogP contribution in [-0.2, 0) is 16.0 Å². The third kappa shape index (κ3) is 5.87. The van der Waals surface area contributed by atoms with Crippen molar-refractivity contribution in [2.24, 2.45) is 5.73 Å². The zero-order valence-corrected chi connectivity index (χ0v) is 11.0. The molecule has 1 aromatic carbocycles. The van der Waals surface area contributed by atoms with Gasteiger partial charge in [-0.1, -0.05) is 6.07 Å². The Hall–Kier alpha value is -1.28. The van der Waals surface area contributed by atoms with Crippen LogP contribution in [0.4, 0.5) is 0 Å². The van der Waals surface area contributed by atoms with Crippen LogP contribution in [-0.4, -0.2) is 38.6 Å². The Labute approximate surface area is 108 Å². The molecule has 1 rings (SSSR count). The molecule has 0 amide bonds. The minimum absolute atomic E-state index is 0.0289. The Balaban J connectivity index is 0.000000631. The summed E-state index contributed by atoms with van der Waals surface area (Å²) < 4.78 is 11.2. The molecular weight excluding hydrogens is 258 g/mol. The summed E-state index contributed by atoms with van der Waals surface area (Å²) in [6, 6.07) is 4.47. The number of nitrogens with two attached hydrogens (primary N) is 1. The Bertz CT molecular complexity index is 393. The number of aliphatic hydroxyl groups excluding tert-OH is 1. The first kappa shape index (κ1) is 16.7. The van der Waals surface area contributed by atoms with Gasteiger partial charge in [-0.15, -0.1) is 0 Å². The van der Waals surface area contributed by atoms with Crippen molar-refractivity contribution in [1.29, 1.82) is 0 Å². The quantitative estimate of drug-likeness (QED) is 0.584. The monoisotopic (exact) mass is 275 g/mol. The first-order chi connectivity index (χ1) is 8.29. The lowest BCUT2D eigenvalue weighted by Gasteiger charge is -2.11. The maximum absolute atomic E-state index is 11.2. The van der Waals surface area contributed by atoms with Crippen LogP contribution >= 0.6 is 0 Å². The lowest BCUT2D eigenvalue weighted by Crippen LogP contribution is -2.12. The summed E-state index contributed by atoms with van der Waals surface area (Å²) in [6.07, 6.45) is 0.686. The largest absolute Gasteiger partial charge is 0.612 e. The van der Waals surface area contributed by atoms with Gasteiger partial charge in [-0.05, 0) is 22.8 Å². The smallest absolute Gasteiger partial charge is 0.300 e. The van der Waals surface area contributed by atoms with Crippen LogP contribution in [0.25, 0.3) is 0 Å². The van der Waals surface area contributed by atoms with E-state index in [2.05, 4.69) is 0 Å². The fourth-order valence-corrected chi connectivity index (χ4v) is 1.77. The number of carbonyl (C=O) groups is 1. The van der Waals surface area contributed by atoms with Crippen LogP contribution in [0.2, 0.25) is 0 Å². The van der Waals surface area contributed by atoms with Gasteiger partial charge in [-0.3, -0.25) is 4.79 Å². The molecule has 0 aromatic heterocycles. The first-order valence-electron chi connectivity index (χ1n) is 5.03. The van der Waals surface area contributed by atoms with Gasteiger partial charge in [-0.2, -0.15) is 0 Å². The number of hydrogen-bond acceptors (Lipinski definition) is 5. The van der Waals surface area contributed by atoms with E-state index in [-0.39, 0.29) is 12.3 Å². The van der Waals surface area contributed by atoms with E-state index in [0.717, 1.165) is 6.92 Å². The maximum Gasteiger partial charge on any atom is 0.300 e. The molecule has 0 bridgehead atoms. The second kappa shape index (κ2) is 7.93. The number of hydrogen-bond donors (Lipinski definition) is 4. The number of aromatic hydroxyl groups is 1. The van der Waals surface area contributed by atoms with Gasteiger partial charge in [0.15, 0.2) is 10.6 Å². The van der Waals surface area contributed by atoms with Crippen LogP contribution in [0.5, 0.6) is 5.75 Å². The Kier molecular flexibility index (Phi) is 7.37. The maximum atomic E-state index is 11.2. The van der Waals surface area contributed by atoms with Crippen molar-refractivity contribution >= 4 is 17.1 Å². The fraction of sp³-hybridized carbons (Fsp3) is 0.364. The molecule has 0 saturated heterocycles. The highest BCUT2D eigenvalue weighted by atomic mass is 32.2. The van der Waals surface area contributed by atoms with E-state index in [1.807, 2.05) is 0 Å². The highest BCUT2D eigenvalue weighted by Gasteiger charge is 2.14. The number of carboxylic acids is 1. The van der Waals surface area contributed by atoms with Crippen molar-refractivity contribution in [3.63, 3.8) is 0 Å². The molecule has 1 aromatic rings. The number of carboxylic acid groups (broad SMARTS) is 1. The lowest BCUT2D eigenvalue weighted by molar-refractivity contribution is -0.134. The van der Waals surface area contributed by atoms with Crippen LogP contribution < -0.4 is 5.73 Å². The molecule has 0 saturated carbocycles. The standard InChI is InChI=1S/C9H13NO3S.C2H4O2/c1-14(13)9-4-6(8(12)5-10)2-3-7(9)11;1-2(3)4/h2-4,8,11-12H,5,10H2,1H3;1H3,(H,3,4). The molecule has 0 fully saturated rings. The van der Waals surface area contributed by atoms with E-state index in [0.29, 0.717) is 10.5 Å². The summed E-state index contributed by atoms with van der Waals surface area (Å²) in [5.41, 5.74) is 5.85. The van der Waals surface area contributed by atoms with Crippen molar-refractivity contribution in [3.8, 4) is 5.75 Å². The third-order valence-corrected chi connectivity index (χ3v) is 2.85. The van der Waals surface area contributed by atoms with Crippen LogP contribution in [0.3, 0.4) is 0 Å². The molecule has 0 aliphatic heterocycles. The molecule has 0 aliphatic carbocycles. The molecule has 0 spiro atoms. The summed E-state index contributed by atoms with van der Waals surface area (Å²) in [5, 5.41) is 26.2. The second-order valence-electron chi connectivity index (χ2n) is 3.45. The fourth-order valence-electron chi connectivity index (χ4n) is 1.10. The molecule has 0 heterocycles. The molecule has 2 atom stereocenters. The molecule has 6 nitrogen and oxygen atoms in total. The highest BCUT2D eigenvalue weighted by Crippen LogP contribution is 2.25. The molecular formula is C11H17NO5S. The molecule has 7 heteroatoms. The average molecular weight is 275 g/mol. The van der Waals surface area contributed by atoms with Crippen LogP contribution in [0.1, 0.15) is 18.6 Å². The summed E-state index contributed by atoms with van der Waals surface area (Å²) in [5.74, 6) is -0.862. The number of phenolic OH excluding ortho intramolecular Hbond substituents is 1. The predicted octanol–water partition coefficient (Wildman–Crippen LogP) is 0.213. The van der Waals surface area contributed by atoms with Gasteiger partial charge in [0.2, 0.25) is 0 Å².